The van der Waals surface area contributed by atoms with E-state index < -0.39 is 6.09 Å². The molecule has 2 rings (SSSR count). The Hall–Kier alpha value is -2.15. The number of anilines is 1. The lowest BCUT2D eigenvalue weighted by Crippen LogP contribution is -2.42. The summed E-state index contributed by atoms with van der Waals surface area (Å²) in [6, 6.07) is 1.54. The summed E-state index contributed by atoms with van der Waals surface area (Å²) in [5.74, 6) is 0.123. The van der Waals surface area contributed by atoms with Gasteiger partial charge in [-0.1, -0.05) is 0 Å². The molecule has 0 aromatic carbocycles. The topological polar surface area (TPSA) is 97.6 Å². The molecule has 0 spiro atoms. The van der Waals surface area contributed by atoms with E-state index in [2.05, 4.69) is 29.0 Å². The molecule has 1 aromatic rings. The van der Waals surface area contributed by atoms with Crippen LogP contribution >= 0.6 is 0 Å². The van der Waals surface area contributed by atoms with Crippen LogP contribution in [0.15, 0.2) is 12.3 Å². The normalized spacial score (nSPS) is 17.2. The number of likely N-dealkylation sites (tertiary alicyclic amines) is 1. The smallest absolute Gasteiger partial charge is 0.408 e. The molecule has 2 heterocycles. The van der Waals surface area contributed by atoms with Crippen LogP contribution in [0.4, 0.5) is 10.5 Å². The number of nitrogens with two attached hydrogens (primary N) is 1. The Balaban J connectivity index is 2.01. The summed E-state index contributed by atoms with van der Waals surface area (Å²) in [5, 5.41) is 2.77. The van der Waals surface area contributed by atoms with Gasteiger partial charge < -0.3 is 15.8 Å². The predicted molar refractivity (Wildman–Crippen MR) is 82.7 cm³/mol. The first-order chi connectivity index (χ1) is 10.3. The maximum absolute atomic E-state index is 12.2. The maximum Gasteiger partial charge on any atom is 0.410 e. The Morgan fingerprint density at radius 1 is 1.50 bits per heavy atom. The van der Waals surface area contributed by atoms with Gasteiger partial charge in [0.25, 0.3) is 0 Å². The molecule has 7 nitrogen and oxygen atoms in total. The van der Waals surface area contributed by atoms with E-state index in [-0.39, 0.29) is 17.2 Å². The van der Waals surface area contributed by atoms with E-state index >= 15 is 0 Å². The molecule has 2 amide bonds. The molecule has 0 radical (unpaired) electrons. The quantitative estimate of drug-likeness (QED) is 0.881. The summed E-state index contributed by atoms with van der Waals surface area (Å²) in [6.45, 7) is 7.21. The van der Waals surface area contributed by atoms with Crippen LogP contribution in [0.3, 0.4) is 0 Å². The van der Waals surface area contributed by atoms with Crippen molar-refractivity contribution in [3.63, 3.8) is 0 Å². The molecule has 0 atom stereocenters. The molecule has 120 valence electrons. The molecular weight excluding hydrogens is 284 g/mol. The second-order valence-electron chi connectivity index (χ2n) is 6.11. The second-order valence-corrected chi connectivity index (χ2v) is 6.11. The number of carbonyl (C=O) groups excluding carboxylic acids is 2. The zero-order valence-corrected chi connectivity index (χ0v) is 13.2. The molecule has 3 N–H and O–H groups in total. The third-order valence-corrected chi connectivity index (χ3v) is 3.94. The minimum absolute atomic E-state index is 0.0447. The fourth-order valence-corrected chi connectivity index (χ4v) is 2.62. The van der Waals surface area contributed by atoms with Gasteiger partial charge in [0.2, 0.25) is 5.91 Å². The van der Waals surface area contributed by atoms with Gasteiger partial charge in [-0.05, 0) is 40.2 Å². The van der Waals surface area contributed by atoms with Crippen molar-refractivity contribution in [3.05, 3.63) is 18.0 Å². The molecular formula is C15H22N4O3. The summed E-state index contributed by atoms with van der Waals surface area (Å²) in [7, 11) is 0. The summed E-state index contributed by atoms with van der Waals surface area (Å²) in [4.78, 5) is 29.2. The largest absolute Gasteiger partial charge is 0.410 e. The Morgan fingerprint density at radius 3 is 2.82 bits per heavy atom. The highest BCUT2D eigenvalue weighted by Crippen LogP contribution is 2.27. The van der Waals surface area contributed by atoms with Gasteiger partial charge in [0.1, 0.15) is 0 Å². The van der Waals surface area contributed by atoms with E-state index in [1.807, 2.05) is 0 Å². The zero-order chi connectivity index (χ0) is 16.3. The van der Waals surface area contributed by atoms with Crippen molar-refractivity contribution in [3.8, 4) is 5.75 Å². The molecule has 1 saturated heterocycles. The van der Waals surface area contributed by atoms with Crippen LogP contribution in [0, 0.1) is 6.92 Å². The third-order valence-electron chi connectivity index (χ3n) is 3.94. The first-order valence-electron chi connectivity index (χ1n) is 7.27. The second kappa shape index (κ2) is 6.31. The van der Waals surface area contributed by atoms with E-state index in [0.29, 0.717) is 17.9 Å². The lowest BCUT2D eigenvalue weighted by molar-refractivity contribution is -0.118. The number of amides is 2. The van der Waals surface area contributed by atoms with Gasteiger partial charge in [-0.25, -0.2) is 4.79 Å². The summed E-state index contributed by atoms with van der Waals surface area (Å²) >= 11 is 0. The molecule has 0 unspecified atom stereocenters. The van der Waals surface area contributed by atoms with Gasteiger partial charge in [-0.2, -0.15) is 0 Å². The first kappa shape index (κ1) is 16.2. The molecule has 1 aliphatic rings. The molecule has 7 heteroatoms. The monoisotopic (exact) mass is 306 g/mol. The number of nitrogens with zero attached hydrogens (tertiary/aromatic N) is 2. The number of aromatic nitrogens is 1. The van der Waals surface area contributed by atoms with Crippen LogP contribution in [-0.2, 0) is 4.79 Å². The van der Waals surface area contributed by atoms with Crippen molar-refractivity contribution >= 4 is 17.7 Å². The lowest BCUT2D eigenvalue weighted by Gasteiger charge is -2.30. The van der Waals surface area contributed by atoms with Crippen molar-refractivity contribution in [2.24, 2.45) is 5.73 Å². The Morgan fingerprint density at radius 2 is 2.23 bits per heavy atom. The molecule has 1 fully saturated rings. The average Bonchev–Trinajstić information content (AvgIpc) is 2.72. The molecule has 22 heavy (non-hydrogen) atoms. The van der Waals surface area contributed by atoms with Crippen LogP contribution in [0.25, 0.3) is 0 Å². The van der Waals surface area contributed by atoms with Crippen molar-refractivity contribution in [2.75, 3.05) is 18.4 Å². The number of aryl methyl sites for hydroxylation is 1. The highest BCUT2D eigenvalue weighted by Gasteiger charge is 2.32. The Labute approximate surface area is 129 Å². The maximum atomic E-state index is 12.2. The van der Waals surface area contributed by atoms with E-state index in [4.69, 9.17) is 10.5 Å². The van der Waals surface area contributed by atoms with Crippen LogP contribution in [0.2, 0.25) is 0 Å². The predicted octanol–water partition coefficient (Wildman–Crippen LogP) is 1.66. The van der Waals surface area contributed by atoms with Crippen LogP contribution in [0.5, 0.6) is 5.75 Å². The van der Waals surface area contributed by atoms with Gasteiger partial charge in [0.05, 0.1) is 24.1 Å². The fourth-order valence-electron chi connectivity index (χ4n) is 2.62. The van der Waals surface area contributed by atoms with E-state index in [1.54, 1.807) is 13.0 Å². The van der Waals surface area contributed by atoms with E-state index in [0.717, 1.165) is 19.4 Å². The minimum Gasteiger partial charge on any atom is -0.408 e. The Kier molecular flexibility index (Phi) is 4.65. The van der Waals surface area contributed by atoms with Crippen molar-refractivity contribution in [1.82, 2.24) is 9.88 Å². The molecule has 1 aliphatic heterocycles. The first-order valence-corrected chi connectivity index (χ1v) is 7.27. The minimum atomic E-state index is -0.910. The van der Waals surface area contributed by atoms with Crippen molar-refractivity contribution < 1.29 is 14.3 Å². The van der Waals surface area contributed by atoms with Crippen molar-refractivity contribution in [1.29, 1.82) is 0 Å². The number of pyridine rings is 1. The number of hydrogen-bond acceptors (Lipinski definition) is 5. The van der Waals surface area contributed by atoms with Crippen LogP contribution in [0.1, 0.15) is 32.4 Å². The van der Waals surface area contributed by atoms with Crippen molar-refractivity contribution in [2.45, 2.75) is 39.2 Å². The van der Waals surface area contributed by atoms with E-state index in [1.165, 1.54) is 6.20 Å². The average molecular weight is 306 g/mol. The SMILES string of the molecule is Cc1ncc(NC(=O)CN2CCCC2(C)C)cc1OC(N)=O. The van der Waals surface area contributed by atoms with Gasteiger partial charge in [0.15, 0.2) is 5.75 Å². The summed E-state index contributed by atoms with van der Waals surface area (Å²) in [6.07, 6.45) is 2.80. The number of ether oxygens (including phenoxy) is 1. The zero-order valence-electron chi connectivity index (χ0n) is 13.2. The molecule has 0 saturated carbocycles. The van der Waals surface area contributed by atoms with Crippen LogP contribution in [-0.4, -0.2) is 40.5 Å². The van der Waals surface area contributed by atoms with Gasteiger partial charge >= 0.3 is 6.09 Å². The van der Waals surface area contributed by atoms with E-state index in [9.17, 15) is 9.59 Å². The highest BCUT2D eigenvalue weighted by molar-refractivity contribution is 5.92. The highest BCUT2D eigenvalue weighted by atomic mass is 16.5. The fraction of sp³-hybridized carbons (Fsp3) is 0.533. The van der Waals surface area contributed by atoms with Gasteiger partial charge in [-0.3, -0.25) is 14.7 Å². The third kappa shape index (κ3) is 3.94. The van der Waals surface area contributed by atoms with Gasteiger partial charge in [0, 0.05) is 11.6 Å². The number of primary amides is 1. The number of rotatable bonds is 4. The standard InChI is InChI=1S/C15H22N4O3/c1-10-12(22-14(16)21)7-11(8-17-10)18-13(20)9-19-6-4-5-15(19,2)3/h7-8H,4-6,9H2,1-3H3,(H2,16,21)(H,18,20). The molecule has 0 aliphatic carbocycles. The van der Waals surface area contributed by atoms with Crippen LogP contribution < -0.4 is 15.8 Å². The molecule has 1 aromatic heterocycles. The number of nitrogens with one attached hydrogen (secondary N) is 1. The lowest BCUT2D eigenvalue weighted by atomic mass is 10.0. The Bertz CT molecular complexity index is 586. The summed E-state index contributed by atoms with van der Waals surface area (Å²) < 4.78 is 4.85. The number of carbonyl (C=O) groups is 2. The summed E-state index contributed by atoms with van der Waals surface area (Å²) in [5.41, 5.74) is 6.05. The van der Waals surface area contributed by atoms with Gasteiger partial charge in [-0.15, -0.1) is 0 Å². The number of hydrogen-bond donors (Lipinski definition) is 2. The molecule has 0 bridgehead atoms.